The second-order valence-electron chi connectivity index (χ2n) is 6.37. The maximum atomic E-state index is 13.2. The topological polar surface area (TPSA) is 49.0 Å². The predicted octanol–water partition coefficient (Wildman–Crippen LogP) is 4.85. The van der Waals surface area contributed by atoms with E-state index >= 15 is 0 Å². The Labute approximate surface area is 155 Å². The summed E-state index contributed by atoms with van der Waals surface area (Å²) in [7, 11) is 0. The molecule has 1 aliphatic rings. The molecule has 0 spiro atoms. The van der Waals surface area contributed by atoms with Gasteiger partial charge in [0.15, 0.2) is 0 Å². The lowest BCUT2D eigenvalue weighted by molar-refractivity contribution is 0.0733. The third kappa shape index (κ3) is 3.10. The number of carbonyl (C=O) groups is 1. The van der Waals surface area contributed by atoms with Gasteiger partial charge in [-0.25, -0.2) is 4.39 Å². The molecule has 1 aromatic heterocycles. The summed E-state index contributed by atoms with van der Waals surface area (Å²) >= 11 is 5.92. The van der Waals surface area contributed by atoms with Gasteiger partial charge in [-0.3, -0.25) is 9.89 Å². The van der Waals surface area contributed by atoms with Crippen LogP contribution in [0.4, 0.5) is 4.39 Å². The highest BCUT2D eigenvalue weighted by Gasteiger charge is 2.33. The van der Waals surface area contributed by atoms with Crippen molar-refractivity contribution in [1.29, 1.82) is 0 Å². The van der Waals surface area contributed by atoms with Crippen molar-refractivity contribution in [3.63, 3.8) is 0 Å². The van der Waals surface area contributed by atoms with E-state index in [0.29, 0.717) is 17.1 Å². The number of halogens is 2. The average molecular weight is 370 g/mol. The van der Waals surface area contributed by atoms with Crippen LogP contribution in [0.25, 0.3) is 11.1 Å². The number of aromatic nitrogens is 2. The minimum Gasteiger partial charge on any atom is -0.330 e. The zero-order valence-corrected chi connectivity index (χ0v) is 14.7. The maximum absolute atomic E-state index is 13.2. The van der Waals surface area contributed by atoms with Gasteiger partial charge in [0.05, 0.1) is 17.9 Å². The SMILES string of the molecule is O=C(c1ccc(Cl)cc1)N1CCCC1c1[nH]ncc1-c1ccc(F)cc1. The average Bonchev–Trinajstić information content (AvgIpc) is 3.31. The molecule has 1 amide bonds. The van der Waals surface area contributed by atoms with Crippen LogP contribution in [0.15, 0.2) is 54.7 Å². The van der Waals surface area contributed by atoms with Crippen molar-refractivity contribution >= 4 is 17.5 Å². The highest BCUT2D eigenvalue weighted by molar-refractivity contribution is 6.30. The van der Waals surface area contributed by atoms with Crippen LogP contribution in [0.1, 0.15) is 34.9 Å². The number of H-pyrrole nitrogens is 1. The second-order valence-corrected chi connectivity index (χ2v) is 6.80. The van der Waals surface area contributed by atoms with Crippen molar-refractivity contribution in [3.05, 3.63) is 76.8 Å². The lowest BCUT2D eigenvalue weighted by Gasteiger charge is -2.25. The number of benzene rings is 2. The van der Waals surface area contributed by atoms with Gasteiger partial charge in [0, 0.05) is 22.7 Å². The van der Waals surface area contributed by atoms with Crippen LogP contribution in [0, 0.1) is 5.82 Å². The van der Waals surface area contributed by atoms with Crippen LogP contribution in [0.5, 0.6) is 0 Å². The molecule has 4 nitrogen and oxygen atoms in total. The molecule has 4 rings (SSSR count). The van der Waals surface area contributed by atoms with E-state index in [9.17, 15) is 9.18 Å². The van der Waals surface area contributed by atoms with Gasteiger partial charge in [0.1, 0.15) is 5.82 Å². The number of hydrogen-bond donors (Lipinski definition) is 1. The summed E-state index contributed by atoms with van der Waals surface area (Å²) in [5.41, 5.74) is 3.27. The number of nitrogens with one attached hydrogen (secondary N) is 1. The number of aromatic amines is 1. The number of amides is 1. The molecule has 26 heavy (non-hydrogen) atoms. The van der Waals surface area contributed by atoms with E-state index in [1.807, 2.05) is 4.90 Å². The Hall–Kier alpha value is -2.66. The minimum absolute atomic E-state index is 0.0242. The summed E-state index contributed by atoms with van der Waals surface area (Å²) in [6.45, 7) is 0.688. The normalized spacial score (nSPS) is 16.8. The molecule has 6 heteroatoms. The lowest BCUT2D eigenvalue weighted by Crippen LogP contribution is -2.31. The second kappa shape index (κ2) is 6.92. The standard InChI is InChI=1S/C20H17ClFN3O/c21-15-7-3-14(4-8-15)20(26)25-11-1-2-18(25)19-17(12-23-24-19)13-5-9-16(22)10-6-13/h3-10,12,18H,1-2,11H2,(H,23,24). The number of nitrogens with zero attached hydrogens (tertiary/aromatic N) is 2. The largest absolute Gasteiger partial charge is 0.330 e. The molecule has 2 aromatic carbocycles. The number of rotatable bonds is 3. The maximum Gasteiger partial charge on any atom is 0.254 e. The van der Waals surface area contributed by atoms with E-state index in [-0.39, 0.29) is 17.8 Å². The highest BCUT2D eigenvalue weighted by atomic mass is 35.5. The van der Waals surface area contributed by atoms with Crippen molar-refractivity contribution in [2.45, 2.75) is 18.9 Å². The molecule has 132 valence electrons. The van der Waals surface area contributed by atoms with E-state index in [4.69, 9.17) is 11.6 Å². The zero-order chi connectivity index (χ0) is 18.1. The highest BCUT2D eigenvalue weighted by Crippen LogP contribution is 2.37. The summed E-state index contributed by atoms with van der Waals surface area (Å²) in [6.07, 6.45) is 3.51. The van der Waals surface area contributed by atoms with Gasteiger partial charge < -0.3 is 4.90 Å². The molecule has 3 aromatic rings. The molecule has 0 aliphatic carbocycles. The predicted molar refractivity (Wildman–Crippen MR) is 98.4 cm³/mol. The molecule has 2 heterocycles. The molecule has 1 atom stereocenters. The Morgan fingerprint density at radius 3 is 2.62 bits per heavy atom. The number of hydrogen-bond acceptors (Lipinski definition) is 2. The summed E-state index contributed by atoms with van der Waals surface area (Å²) in [5.74, 6) is -0.303. The summed E-state index contributed by atoms with van der Waals surface area (Å²) < 4.78 is 13.2. The molecule has 0 bridgehead atoms. The third-order valence-electron chi connectivity index (χ3n) is 4.76. The van der Waals surface area contributed by atoms with Crippen molar-refractivity contribution in [2.75, 3.05) is 6.54 Å². The van der Waals surface area contributed by atoms with Gasteiger partial charge >= 0.3 is 0 Å². The Balaban J connectivity index is 1.65. The van der Waals surface area contributed by atoms with Crippen LogP contribution in [-0.2, 0) is 0 Å². The first-order chi connectivity index (χ1) is 12.6. The van der Waals surface area contributed by atoms with Gasteiger partial charge in [-0.15, -0.1) is 0 Å². The summed E-state index contributed by atoms with van der Waals surface area (Å²) in [4.78, 5) is 14.8. The van der Waals surface area contributed by atoms with Crippen molar-refractivity contribution in [2.24, 2.45) is 0 Å². The Kier molecular flexibility index (Phi) is 4.47. The lowest BCUT2D eigenvalue weighted by atomic mass is 10.0. The molecule has 0 radical (unpaired) electrons. The Morgan fingerprint density at radius 1 is 1.15 bits per heavy atom. The molecule has 1 N–H and O–H groups in total. The fourth-order valence-corrected chi connectivity index (χ4v) is 3.60. The Bertz CT molecular complexity index is 921. The smallest absolute Gasteiger partial charge is 0.254 e. The fourth-order valence-electron chi connectivity index (χ4n) is 3.48. The molecule has 1 saturated heterocycles. The van der Waals surface area contributed by atoms with E-state index in [0.717, 1.165) is 29.7 Å². The van der Waals surface area contributed by atoms with Crippen LogP contribution in [0.3, 0.4) is 0 Å². The number of likely N-dealkylation sites (tertiary alicyclic amines) is 1. The van der Waals surface area contributed by atoms with Gasteiger partial charge in [0.2, 0.25) is 0 Å². The van der Waals surface area contributed by atoms with Crippen molar-refractivity contribution < 1.29 is 9.18 Å². The van der Waals surface area contributed by atoms with E-state index < -0.39 is 0 Å². The first-order valence-electron chi connectivity index (χ1n) is 8.49. The van der Waals surface area contributed by atoms with Crippen LogP contribution < -0.4 is 0 Å². The molecule has 1 unspecified atom stereocenters. The molecule has 1 fully saturated rings. The first-order valence-corrected chi connectivity index (χ1v) is 8.87. The monoisotopic (exact) mass is 369 g/mol. The fraction of sp³-hybridized carbons (Fsp3) is 0.200. The van der Waals surface area contributed by atoms with E-state index in [1.54, 1.807) is 42.6 Å². The quantitative estimate of drug-likeness (QED) is 0.717. The molecule has 1 aliphatic heterocycles. The van der Waals surface area contributed by atoms with E-state index in [1.165, 1.54) is 12.1 Å². The third-order valence-corrected chi connectivity index (χ3v) is 5.01. The van der Waals surface area contributed by atoms with Gasteiger partial charge in [-0.1, -0.05) is 23.7 Å². The van der Waals surface area contributed by atoms with Gasteiger partial charge in [0.25, 0.3) is 5.91 Å². The van der Waals surface area contributed by atoms with E-state index in [2.05, 4.69) is 10.2 Å². The minimum atomic E-state index is -0.279. The first kappa shape index (κ1) is 16.8. The molecular formula is C20H17ClFN3O. The Morgan fingerprint density at radius 2 is 1.88 bits per heavy atom. The van der Waals surface area contributed by atoms with Crippen LogP contribution in [0.2, 0.25) is 5.02 Å². The summed E-state index contributed by atoms with van der Waals surface area (Å²) in [5, 5.41) is 7.82. The van der Waals surface area contributed by atoms with Crippen LogP contribution >= 0.6 is 11.6 Å². The molecular weight excluding hydrogens is 353 g/mol. The van der Waals surface area contributed by atoms with Crippen molar-refractivity contribution in [1.82, 2.24) is 15.1 Å². The zero-order valence-electron chi connectivity index (χ0n) is 14.0. The van der Waals surface area contributed by atoms with Gasteiger partial charge in [-0.2, -0.15) is 5.10 Å². The van der Waals surface area contributed by atoms with Gasteiger partial charge in [-0.05, 0) is 54.8 Å². The van der Waals surface area contributed by atoms with Crippen LogP contribution in [-0.4, -0.2) is 27.5 Å². The summed E-state index contributed by atoms with van der Waals surface area (Å²) in [6, 6.07) is 13.2. The molecule has 0 saturated carbocycles. The number of carbonyl (C=O) groups excluding carboxylic acids is 1. The van der Waals surface area contributed by atoms with Crippen molar-refractivity contribution in [3.8, 4) is 11.1 Å².